The van der Waals surface area contributed by atoms with Crippen molar-refractivity contribution in [2.75, 3.05) is 16.8 Å². The minimum Gasteiger partial charge on any atom is -0.360 e. The van der Waals surface area contributed by atoms with Crippen molar-refractivity contribution in [3.05, 3.63) is 63.9 Å². The number of hydrogen-bond acceptors (Lipinski definition) is 6. The molecule has 142 valence electrons. The Balaban J connectivity index is 1.81. The lowest BCUT2D eigenvalue weighted by Crippen LogP contribution is -2.48. The molecule has 2 aromatic carbocycles. The summed E-state index contributed by atoms with van der Waals surface area (Å²) in [5.41, 5.74) is 0.651. The second-order valence-electron chi connectivity index (χ2n) is 7.06. The predicted molar refractivity (Wildman–Crippen MR) is 107 cm³/mol. The first kappa shape index (κ1) is 17.4. The molecule has 1 spiro atoms. The number of nitrogens with zero attached hydrogens (tertiary/aromatic N) is 3. The smallest absolute Gasteiger partial charge is 0.300 e. The monoisotopic (exact) mass is 414 g/mol. The van der Waals surface area contributed by atoms with Crippen LogP contribution in [0, 0.1) is 0 Å². The highest BCUT2D eigenvalue weighted by Crippen LogP contribution is 2.42. The zero-order valence-corrected chi connectivity index (χ0v) is 16.2. The van der Waals surface area contributed by atoms with Crippen molar-refractivity contribution in [3.63, 3.8) is 0 Å². The number of aromatic nitrogens is 3. The number of rotatable bonds is 1. The van der Waals surface area contributed by atoms with Gasteiger partial charge in [-0.15, -0.1) is 0 Å². The molecule has 28 heavy (non-hydrogen) atoms. The fraction of sp³-hybridized carbons (Fsp3) is 0.211. The van der Waals surface area contributed by atoms with Crippen LogP contribution in [-0.2, 0) is 15.5 Å². The summed E-state index contributed by atoms with van der Waals surface area (Å²) in [5.74, 6) is 0.232. The Kier molecular flexibility index (Phi) is 3.66. The van der Waals surface area contributed by atoms with E-state index in [4.69, 9.17) is 11.6 Å². The average Bonchev–Trinajstić information content (AvgIpc) is 2.98. The minimum atomic E-state index is -3.25. The highest BCUT2D eigenvalue weighted by molar-refractivity contribution is 7.91. The first-order valence-corrected chi connectivity index (χ1v) is 10.9. The topological polar surface area (TPSA) is 93.9 Å². The van der Waals surface area contributed by atoms with Gasteiger partial charge < -0.3 is 5.32 Å². The Morgan fingerprint density at radius 3 is 2.64 bits per heavy atom. The van der Waals surface area contributed by atoms with Crippen LogP contribution in [0.25, 0.3) is 22.6 Å². The molecule has 1 fully saturated rings. The lowest BCUT2D eigenvalue weighted by atomic mass is 10.0. The molecule has 1 saturated heterocycles. The van der Waals surface area contributed by atoms with E-state index in [0.717, 1.165) is 0 Å². The van der Waals surface area contributed by atoms with Crippen LogP contribution in [0.15, 0.2) is 53.3 Å². The van der Waals surface area contributed by atoms with Gasteiger partial charge in [-0.1, -0.05) is 41.9 Å². The van der Waals surface area contributed by atoms with Crippen LogP contribution in [0.1, 0.15) is 6.42 Å². The number of sulfone groups is 1. The maximum atomic E-state index is 12.8. The van der Waals surface area contributed by atoms with Crippen molar-refractivity contribution in [2.24, 2.45) is 0 Å². The maximum absolute atomic E-state index is 12.8. The molecular weight excluding hydrogens is 400 g/mol. The summed E-state index contributed by atoms with van der Waals surface area (Å²) in [6.45, 7) is 0. The van der Waals surface area contributed by atoms with Gasteiger partial charge in [0.15, 0.2) is 21.4 Å². The summed E-state index contributed by atoms with van der Waals surface area (Å²) in [5, 5.41) is 8.40. The van der Waals surface area contributed by atoms with Crippen LogP contribution < -0.4 is 10.9 Å². The summed E-state index contributed by atoms with van der Waals surface area (Å²) in [7, 11) is -3.25. The SMILES string of the molecule is O=c1nc2n(nc1-c1ccccc1)[C@]1(CCS(=O)(=O)C1)Nc1ccc(Cl)cc1-2. The highest BCUT2D eigenvalue weighted by atomic mass is 35.5. The van der Waals surface area contributed by atoms with Crippen LogP contribution in [0.3, 0.4) is 0 Å². The van der Waals surface area contributed by atoms with Crippen molar-refractivity contribution in [1.29, 1.82) is 0 Å². The molecule has 0 aliphatic carbocycles. The first-order chi connectivity index (χ1) is 13.4. The molecule has 1 aromatic heterocycles. The Bertz CT molecular complexity index is 1270. The molecule has 2 aliphatic rings. The number of anilines is 1. The average molecular weight is 415 g/mol. The molecule has 3 heterocycles. The molecule has 0 saturated carbocycles. The molecule has 2 aliphatic heterocycles. The third kappa shape index (κ3) is 2.63. The van der Waals surface area contributed by atoms with Gasteiger partial charge in [0.2, 0.25) is 0 Å². The zero-order chi connectivity index (χ0) is 19.5. The molecule has 5 rings (SSSR count). The number of halogens is 1. The van der Waals surface area contributed by atoms with Crippen LogP contribution >= 0.6 is 11.6 Å². The fourth-order valence-electron chi connectivity index (χ4n) is 3.85. The standard InChI is InChI=1S/C19H15ClN4O3S/c20-13-6-7-15-14(10-13)17-21-18(25)16(12-4-2-1-3-5-12)23-24(17)19(22-15)8-9-28(26,27)11-19/h1-7,10,22H,8-9,11H2/t19-/m0/s1. The molecule has 0 bridgehead atoms. The quantitative estimate of drug-likeness (QED) is 0.657. The van der Waals surface area contributed by atoms with Gasteiger partial charge in [0.1, 0.15) is 5.66 Å². The van der Waals surface area contributed by atoms with E-state index in [9.17, 15) is 13.2 Å². The van der Waals surface area contributed by atoms with Gasteiger partial charge in [-0.05, 0) is 18.2 Å². The number of benzene rings is 2. The van der Waals surface area contributed by atoms with Gasteiger partial charge in [-0.25, -0.2) is 13.1 Å². The van der Waals surface area contributed by atoms with E-state index in [1.807, 2.05) is 18.2 Å². The molecule has 1 N–H and O–H groups in total. The molecule has 1 atom stereocenters. The van der Waals surface area contributed by atoms with Gasteiger partial charge in [-0.2, -0.15) is 10.1 Å². The fourth-order valence-corrected chi connectivity index (χ4v) is 5.88. The summed E-state index contributed by atoms with van der Waals surface area (Å²) in [6, 6.07) is 14.2. The van der Waals surface area contributed by atoms with Crippen molar-refractivity contribution in [2.45, 2.75) is 12.1 Å². The molecule has 3 aromatic rings. The largest absolute Gasteiger partial charge is 0.360 e. The van der Waals surface area contributed by atoms with Crippen LogP contribution in [0.5, 0.6) is 0 Å². The predicted octanol–water partition coefficient (Wildman–Crippen LogP) is 2.52. The maximum Gasteiger partial charge on any atom is 0.300 e. The third-order valence-corrected chi connectivity index (χ3v) is 7.12. The first-order valence-electron chi connectivity index (χ1n) is 8.73. The zero-order valence-electron chi connectivity index (χ0n) is 14.6. The van der Waals surface area contributed by atoms with E-state index in [0.29, 0.717) is 34.1 Å². The molecule has 9 heteroatoms. The summed E-state index contributed by atoms with van der Waals surface area (Å²) in [4.78, 5) is 17.0. The summed E-state index contributed by atoms with van der Waals surface area (Å²) < 4.78 is 26.2. The van der Waals surface area contributed by atoms with E-state index in [2.05, 4.69) is 15.4 Å². The van der Waals surface area contributed by atoms with Crippen molar-refractivity contribution in [3.8, 4) is 22.6 Å². The lowest BCUT2D eigenvalue weighted by Gasteiger charge is -2.38. The normalized spacial score (nSPS) is 21.8. The Hall–Kier alpha value is -2.71. The Labute approximate surface area is 165 Å². The van der Waals surface area contributed by atoms with Gasteiger partial charge in [-0.3, -0.25) is 4.79 Å². The van der Waals surface area contributed by atoms with Crippen molar-refractivity contribution >= 4 is 27.1 Å². The van der Waals surface area contributed by atoms with E-state index in [-0.39, 0.29) is 17.2 Å². The van der Waals surface area contributed by atoms with E-state index in [1.165, 1.54) is 0 Å². The van der Waals surface area contributed by atoms with Crippen LogP contribution in [0.2, 0.25) is 5.02 Å². The molecule has 7 nitrogen and oxygen atoms in total. The minimum absolute atomic E-state index is 0.0385. The lowest BCUT2D eigenvalue weighted by molar-refractivity contribution is 0.332. The second kappa shape index (κ2) is 5.89. The summed E-state index contributed by atoms with van der Waals surface area (Å²) in [6.07, 6.45) is 0.330. The van der Waals surface area contributed by atoms with Gasteiger partial charge in [0, 0.05) is 28.3 Å². The van der Waals surface area contributed by atoms with E-state index in [1.54, 1.807) is 35.0 Å². The number of hydrogen-bond donors (Lipinski definition) is 1. The van der Waals surface area contributed by atoms with Crippen molar-refractivity contribution < 1.29 is 8.42 Å². The molecule has 0 unspecified atom stereocenters. The molecule has 0 radical (unpaired) electrons. The van der Waals surface area contributed by atoms with Crippen LogP contribution in [-0.4, -0.2) is 34.7 Å². The third-order valence-electron chi connectivity index (χ3n) is 5.14. The van der Waals surface area contributed by atoms with Gasteiger partial charge >= 0.3 is 0 Å². The number of nitrogens with one attached hydrogen (secondary N) is 1. The highest BCUT2D eigenvalue weighted by Gasteiger charge is 2.48. The molecule has 0 amide bonds. The Morgan fingerprint density at radius 1 is 1.14 bits per heavy atom. The number of fused-ring (bicyclic) bond motifs is 4. The van der Waals surface area contributed by atoms with Crippen molar-refractivity contribution in [1.82, 2.24) is 14.8 Å². The van der Waals surface area contributed by atoms with Gasteiger partial charge in [0.25, 0.3) is 5.56 Å². The Morgan fingerprint density at radius 2 is 1.93 bits per heavy atom. The van der Waals surface area contributed by atoms with Gasteiger partial charge in [0.05, 0.1) is 11.5 Å². The second-order valence-corrected chi connectivity index (χ2v) is 9.68. The van der Waals surface area contributed by atoms with Crippen LogP contribution in [0.4, 0.5) is 5.69 Å². The summed E-state index contributed by atoms with van der Waals surface area (Å²) >= 11 is 6.15. The molecular formula is C19H15ClN4O3S. The van der Waals surface area contributed by atoms with E-state index < -0.39 is 21.1 Å². The van der Waals surface area contributed by atoms with E-state index >= 15 is 0 Å².